The molecule has 1 rings (SSSR count). The van der Waals surface area contributed by atoms with Gasteiger partial charge in [-0.1, -0.05) is 20.8 Å². The molecule has 4 unspecified atom stereocenters. The lowest BCUT2D eigenvalue weighted by molar-refractivity contribution is 0.251. The van der Waals surface area contributed by atoms with Crippen molar-refractivity contribution >= 4 is 11.8 Å². The van der Waals surface area contributed by atoms with Gasteiger partial charge in [0.15, 0.2) is 0 Å². The van der Waals surface area contributed by atoms with E-state index in [4.69, 9.17) is 0 Å². The van der Waals surface area contributed by atoms with E-state index < -0.39 is 0 Å². The van der Waals surface area contributed by atoms with E-state index in [9.17, 15) is 0 Å². The van der Waals surface area contributed by atoms with E-state index in [-0.39, 0.29) is 0 Å². The van der Waals surface area contributed by atoms with Gasteiger partial charge in [-0.25, -0.2) is 0 Å². The van der Waals surface area contributed by atoms with Gasteiger partial charge in [-0.2, -0.15) is 11.8 Å². The maximum atomic E-state index is 3.63. The van der Waals surface area contributed by atoms with Gasteiger partial charge in [-0.15, -0.1) is 0 Å². The van der Waals surface area contributed by atoms with Crippen molar-refractivity contribution in [2.75, 3.05) is 12.8 Å². The van der Waals surface area contributed by atoms with Crippen LogP contribution in [-0.4, -0.2) is 24.1 Å². The highest BCUT2D eigenvalue weighted by Gasteiger charge is 2.32. The molecule has 0 aromatic rings. The van der Waals surface area contributed by atoms with Crippen LogP contribution in [0.15, 0.2) is 0 Å². The first-order valence-electron chi connectivity index (χ1n) is 5.45. The second-order valence-corrected chi connectivity index (χ2v) is 5.43. The topological polar surface area (TPSA) is 12.0 Å². The van der Waals surface area contributed by atoms with Crippen molar-refractivity contribution in [1.82, 2.24) is 5.32 Å². The van der Waals surface area contributed by atoms with Crippen LogP contribution < -0.4 is 5.32 Å². The minimum absolute atomic E-state index is 0.749. The fraction of sp³-hybridized carbons (Fsp3) is 1.00. The summed E-state index contributed by atoms with van der Waals surface area (Å²) in [6.07, 6.45) is 5.03. The highest BCUT2D eigenvalue weighted by atomic mass is 32.2. The first-order chi connectivity index (χ1) is 6.19. The smallest absolute Gasteiger partial charge is 0.0224 e. The van der Waals surface area contributed by atoms with E-state index in [1.165, 1.54) is 12.8 Å². The molecule has 1 nitrogen and oxygen atoms in total. The molecule has 0 radical (unpaired) electrons. The van der Waals surface area contributed by atoms with Gasteiger partial charge in [0, 0.05) is 11.3 Å². The van der Waals surface area contributed by atoms with Crippen molar-refractivity contribution in [3.05, 3.63) is 0 Å². The molecule has 1 aliphatic rings. The molecule has 0 bridgehead atoms. The molecule has 2 heteroatoms. The molecule has 1 N–H and O–H groups in total. The Morgan fingerprint density at radius 3 is 2.54 bits per heavy atom. The Labute approximate surface area is 87.1 Å². The van der Waals surface area contributed by atoms with Crippen molar-refractivity contribution in [3.8, 4) is 0 Å². The molecule has 1 aliphatic carbocycles. The van der Waals surface area contributed by atoms with Crippen molar-refractivity contribution < 1.29 is 0 Å². The van der Waals surface area contributed by atoms with Crippen LogP contribution in [0.1, 0.15) is 33.6 Å². The Hall–Kier alpha value is 0.310. The van der Waals surface area contributed by atoms with Crippen molar-refractivity contribution in [1.29, 1.82) is 0 Å². The molecule has 0 saturated heterocycles. The molecule has 4 atom stereocenters. The van der Waals surface area contributed by atoms with Crippen LogP contribution in [0.3, 0.4) is 0 Å². The predicted molar refractivity (Wildman–Crippen MR) is 62.3 cm³/mol. The Balaban J connectivity index is 2.54. The van der Waals surface area contributed by atoms with Gasteiger partial charge < -0.3 is 5.32 Å². The molecule has 0 heterocycles. The van der Waals surface area contributed by atoms with Crippen molar-refractivity contribution in [2.45, 2.75) is 44.9 Å². The monoisotopic (exact) mass is 201 g/mol. The third-order valence-electron chi connectivity index (χ3n) is 3.13. The van der Waals surface area contributed by atoms with E-state index in [0.29, 0.717) is 0 Å². The summed E-state index contributed by atoms with van der Waals surface area (Å²) in [5.74, 6) is 1.78. The van der Waals surface area contributed by atoms with E-state index in [1.54, 1.807) is 0 Å². The van der Waals surface area contributed by atoms with E-state index >= 15 is 0 Å². The highest BCUT2D eigenvalue weighted by molar-refractivity contribution is 7.99. The summed E-state index contributed by atoms with van der Waals surface area (Å²) in [4.78, 5) is 0. The van der Waals surface area contributed by atoms with Crippen LogP contribution in [0.5, 0.6) is 0 Å². The van der Waals surface area contributed by atoms with Crippen LogP contribution in [0.4, 0.5) is 0 Å². The maximum absolute atomic E-state index is 3.63. The third kappa shape index (κ3) is 2.88. The zero-order valence-corrected chi connectivity index (χ0v) is 10.2. The van der Waals surface area contributed by atoms with Gasteiger partial charge in [0.05, 0.1) is 0 Å². The van der Waals surface area contributed by atoms with E-state index in [0.717, 1.165) is 29.7 Å². The second kappa shape index (κ2) is 5.26. The fourth-order valence-electron chi connectivity index (χ4n) is 2.69. The lowest BCUT2D eigenvalue weighted by atomic mass is 9.80. The van der Waals surface area contributed by atoms with Crippen molar-refractivity contribution in [3.63, 3.8) is 0 Å². The first-order valence-corrected chi connectivity index (χ1v) is 6.74. The third-order valence-corrected chi connectivity index (χ3v) is 4.46. The average molecular weight is 201 g/mol. The van der Waals surface area contributed by atoms with E-state index in [2.05, 4.69) is 32.3 Å². The Morgan fingerprint density at radius 1 is 1.31 bits per heavy atom. The fourth-order valence-corrected chi connectivity index (χ4v) is 3.80. The summed E-state index contributed by atoms with van der Waals surface area (Å²) in [7, 11) is 0. The molecular weight excluding hydrogens is 178 g/mol. The molecule has 0 aromatic carbocycles. The maximum Gasteiger partial charge on any atom is 0.0224 e. The van der Waals surface area contributed by atoms with Crippen molar-refractivity contribution in [2.24, 2.45) is 11.8 Å². The quantitative estimate of drug-likeness (QED) is 0.753. The standard InChI is InChI=1S/C11H23NS/c1-5-12-10-7-8(2)6-9(3)11(10)13-4/h8-12H,5-7H2,1-4H3. The van der Waals surface area contributed by atoms with Gasteiger partial charge in [0.2, 0.25) is 0 Å². The molecular formula is C11H23NS. The summed E-state index contributed by atoms with van der Waals surface area (Å²) in [5.41, 5.74) is 0. The second-order valence-electron chi connectivity index (χ2n) is 4.42. The minimum Gasteiger partial charge on any atom is -0.313 e. The van der Waals surface area contributed by atoms with Gasteiger partial charge in [0.25, 0.3) is 0 Å². The molecule has 0 spiro atoms. The van der Waals surface area contributed by atoms with Crippen LogP contribution >= 0.6 is 11.8 Å². The summed E-state index contributed by atoms with van der Waals surface area (Å²) in [6.45, 7) is 8.11. The molecule has 0 aliphatic heterocycles. The minimum atomic E-state index is 0.749. The van der Waals surface area contributed by atoms with Gasteiger partial charge >= 0.3 is 0 Å². The lowest BCUT2D eigenvalue weighted by Gasteiger charge is -2.39. The van der Waals surface area contributed by atoms with Crippen LogP contribution in [0.25, 0.3) is 0 Å². The SMILES string of the molecule is CCNC1CC(C)CC(C)C1SC. The van der Waals surface area contributed by atoms with Crippen LogP contribution in [-0.2, 0) is 0 Å². The summed E-state index contributed by atoms with van der Waals surface area (Å²) >= 11 is 2.04. The van der Waals surface area contributed by atoms with Gasteiger partial charge in [-0.05, 0) is 37.5 Å². The molecule has 0 aromatic heterocycles. The Morgan fingerprint density at radius 2 is 2.00 bits per heavy atom. The number of hydrogen-bond acceptors (Lipinski definition) is 2. The van der Waals surface area contributed by atoms with Gasteiger partial charge in [-0.3, -0.25) is 0 Å². The first kappa shape index (κ1) is 11.4. The van der Waals surface area contributed by atoms with Crippen LogP contribution in [0, 0.1) is 11.8 Å². The number of nitrogens with one attached hydrogen (secondary N) is 1. The molecule has 1 saturated carbocycles. The molecule has 1 fully saturated rings. The largest absolute Gasteiger partial charge is 0.313 e. The number of thioether (sulfide) groups is 1. The summed E-state index contributed by atoms with van der Waals surface area (Å²) < 4.78 is 0. The zero-order chi connectivity index (χ0) is 9.84. The van der Waals surface area contributed by atoms with E-state index in [1.807, 2.05) is 11.8 Å². The Bertz CT molecular complexity index is 149. The number of rotatable bonds is 3. The molecule has 0 amide bonds. The normalized spacial score (nSPS) is 40.6. The Kier molecular flexibility index (Phi) is 4.60. The summed E-state index contributed by atoms with van der Waals surface area (Å²) in [5, 5.41) is 4.46. The average Bonchev–Trinajstić information content (AvgIpc) is 2.04. The zero-order valence-electron chi connectivity index (χ0n) is 9.34. The van der Waals surface area contributed by atoms with Gasteiger partial charge in [0.1, 0.15) is 0 Å². The predicted octanol–water partition coefficient (Wildman–Crippen LogP) is 2.76. The molecule has 13 heavy (non-hydrogen) atoms. The lowest BCUT2D eigenvalue weighted by Crippen LogP contribution is -2.46. The molecule has 78 valence electrons. The number of hydrogen-bond donors (Lipinski definition) is 1. The highest BCUT2D eigenvalue weighted by Crippen LogP contribution is 2.35. The van der Waals surface area contributed by atoms with Crippen LogP contribution in [0.2, 0.25) is 0 Å². The summed E-state index contributed by atoms with van der Waals surface area (Å²) in [6, 6.07) is 0.749.